The minimum absolute atomic E-state index is 0.0777. The number of carbonyl (C=O) groups is 2. The first-order valence-electron chi connectivity index (χ1n) is 5.24. The minimum Gasteiger partial charge on any atom is -0.368 e. The molecule has 4 nitrogen and oxygen atoms in total. The third-order valence-corrected chi connectivity index (χ3v) is 3.97. The van der Waals surface area contributed by atoms with Gasteiger partial charge in [-0.1, -0.05) is 35.9 Å². The summed E-state index contributed by atoms with van der Waals surface area (Å²) in [6.45, 7) is 2.68. The molecule has 2 amide bonds. The molecule has 1 aliphatic rings. The first-order valence-corrected chi connectivity index (χ1v) is 6.77. The van der Waals surface area contributed by atoms with E-state index in [0.717, 1.165) is 10.8 Å². The van der Waals surface area contributed by atoms with E-state index in [1.54, 1.807) is 4.90 Å². The van der Waals surface area contributed by atoms with E-state index < -0.39 is 6.04 Å². The third kappa shape index (κ3) is 3.06. The van der Waals surface area contributed by atoms with Gasteiger partial charge in [-0.15, -0.1) is 0 Å². The fourth-order valence-electron chi connectivity index (χ4n) is 1.94. The van der Waals surface area contributed by atoms with E-state index in [4.69, 9.17) is 5.73 Å². The molecule has 1 rings (SSSR count). The van der Waals surface area contributed by atoms with Gasteiger partial charge in [-0.25, -0.2) is 0 Å². The Kier molecular flexibility index (Phi) is 4.82. The van der Waals surface area contributed by atoms with Crippen molar-refractivity contribution in [3.63, 3.8) is 0 Å². The molecule has 0 radical (unpaired) electrons. The number of hydrogen-bond acceptors (Lipinski definition) is 2. The molecule has 1 aliphatic heterocycles. The average molecular weight is 324 g/mol. The largest absolute Gasteiger partial charge is 0.368 e. The van der Waals surface area contributed by atoms with E-state index in [0.29, 0.717) is 25.3 Å². The highest BCUT2D eigenvalue weighted by Gasteiger charge is 2.35. The highest BCUT2D eigenvalue weighted by atomic mass is 127. The van der Waals surface area contributed by atoms with Crippen molar-refractivity contribution in [2.24, 2.45) is 11.7 Å². The lowest BCUT2D eigenvalue weighted by atomic mass is 10.1. The van der Waals surface area contributed by atoms with Crippen LogP contribution in [0.25, 0.3) is 0 Å². The summed E-state index contributed by atoms with van der Waals surface area (Å²) in [5, 5.41) is 0. The first kappa shape index (κ1) is 12.7. The standard InChI is InChI=1S/C10H17IN2O2/c1-2-3-8(10(12)15)13-6-7(5-11)4-9(13)14/h7-8H,2-6H2,1H3,(H2,12,15)/t7-,8?/m0/s1. The van der Waals surface area contributed by atoms with Gasteiger partial charge in [0.05, 0.1) is 0 Å². The monoisotopic (exact) mass is 324 g/mol. The van der Waals surface area contributed by atoms with Crippen LogP contribution in [-0.2, 0) is 9.59 Å². The Morgan fingerprint density at radius 2 is 2.40 bits per heavy atom. The quantitative estimate of drug-likeness (QED) is 0.604. The topological polar surface area (TPSA) is 63.4 Å². The number of likely N-dealkylation sites (tertiary alicyclic amines) is 1. The highest BCUT2D eigenvalue weighted by molar-refractivity contribution is 14.1. The summed E-state index contributed by atoms with van der Waals surface area (Å²) in [7, 11) is 0. The highest BCUT2D eigenvalue weighted by Crippen LogP contribution is 2.23. The van der Waals surface area contributed by atoms with Gasteiger partial charge in [-0.2, -0.15) is 0 Å². The molecule has 1 fully saturated rings. The van der Waals surface area contributed by atoms with Crippen molar-refractivity contribution < 1.29 is 9.59 Å². The second-order valence-corrected chi connectivity index (χ2v) is 4.86. The summed E-state index contributed by atoms with van der Waals surface area (Å²) >= 11 is 2.28. The maximum atomic E-state index is 11.7. The van der Waals surface area contributed by atoms with Crippen LogP contribution in [0.5, 0.6) is 0 Å². The Balaban J connectivity index is 2.68. The van der Waals surface area contributed by atoms with Crippen LogP contribution in [0.4, 0.5) is 0 Å². The summed E-state index contributed by atoms with van der Waals surface area (Å²) in [4.78, 5) is 24.6. The van der Waals surface area contributed by atoms with Crippen molar-refractivity contribution in [2.45, 2.75) is 32.2 Å². The van der Waals surface area contributed by atoms with Crippen LogP contribution in [0.3, 0.4) is 0 Å². The zero-order chi connectivity index (χ0) is 11.4. The Labute approximate surface area is 104 Å². The summed E-state index contributed by atoms with van der Waals surface area (Å²) in [6, 6.07) is -0.393. The van der Waals surface area contributed by atoms with Crippen LogP contribution in [-0.4, -0.2) is 33.7 Å². The van der Waals surface area contributed by atoms with Crippen molar-refractivity contribution in [1.29, 1.82) is 0 Å². The lowest BCUT2D eigenvalue weighted by Crippen LogP contribution is -2.45. The molecule has 15 heavy (non-hydrogen) atoms. The summed E-state index contributed by atoms with van der Waals surface area (Å²) < 4.78 is 0.956. The van der Waals surface area contributed by atoms with E-state index in [9.17, 15) is 9.59 Å². The van der Waals surface area contributed by atoms with Gasteiger partial charge in [-0.3, -0.25) is 9.59 Å². The molecule has 1 heterocycles. The van der Waals surface area contributed by atoms with Gasteiger partial charge in [0.2, 0.25) is 11.8 Å². The number of nitrogens with zero attached hydrogens (tertiary/aromatic N) is 1. The Morgan fingerprint density at radius 3 is 2.80 bits per heavy atom. The molecule has 1 unspecified atom stereocenters. The second kappa shape index (κ2) is 5.67. The van der Waals surface area contributed by atoms with Crippen molar-refractivity contribution in [3.05, 3.63) is 0 Å². The maximum absolute atomic E-state index is 11.7. The molecule has 5 heteroatoms. The van der Waals surface area contributed by atoms with Crippen LogP contribution in [0.15, 0.2) is 0 Å². The molecule has 0 bridgehead atoms. The van der Waals surface area contributed by atoms with Gasteiger partial charge in [0, 0.05) is 17.4 Å². The molecule has 0 aromatic carbocycles. The molecule has 2 atom stereocenters. The van der Waals surface area contributed by atoms with E-state index in [2.05, 4.69) is 22.6 Å². The van der Waals surface area contributed by atoms with Crippen LogP contribution < -0.4 is 5.73 Å². The number of primary amides is 1. The normalized spacial score (nSPS) is 23.2. The predicted molar refractivity (Wildman–Crippen MR) is 66.6 cm³/mol. The number of halogens is 1. The number of alkyl halides is 1. The third-order valence-electron chi connectivity index (χ3n) is 2.72. The van der Waals surface area contributed by atoms with Crippen molar-refractivity contribution in [2.75, 3.05) is 11.0 Å². The molecule has 0 spiro atoms. The minimum atomic E-state index is -0.393. The zero-order valence-corrected chi connectivity index (χ0v) is 11.1. The van der Waals surface area contributed by atoms with Gasteiger partial charge >= 0.3 is 0 Å². The molecular formula is C10H17IN2O2. The van der Waals surface area contributed by atoms with Crippen molar-refractivity contribution in [3.8, 4) is 0 Å². The SMILES string of the molecule is CCCC(C(N)=O)N1C[C@H](CI)CC1=O. The summed E-state index contributed by atoms with van der Waals surface area (Å²) in [5.41, 5.74) is 5.32. The Morgan fingerprint density at radius 1 is 1.73 bits per heavy atom. The number of amides is 2. The fourth-order valence-corrected chi connectivity index (χ4v) is 2.53. The molecule has 0 aromatic heterocycles. The fraction of sp³-hybridized carbons (Fsp3) is 0.800. The lowest BCUT2D eigenvalue weighted by molar-refractivity contribution is -0.136. The van der Waals surface area contributed by atoms with Gasteiger partial charge < -0.3 is 10.6 Å². The number of rotatable bonds is 5. The Hall–Kier alpha value is -0.330. The number of hydrogen-bond donors (Lipinski definition) is 1. The van der Waals surface area contributed by atoms with E-state index in [-0.39, 0.29) is 11.8 Å². The van der Waals surface area contributed by atoms with Gasteiger partial charge in [0.25, 0.3) is 0 Å². The zero-order valence-electron chi connectivity index (χ0n) is 8.91. The first-order chi connectivity index (χ1) is 7.10. The lowest BCUT2D eigenvalue weighted by Gasteiger charge is -2.25. The van der Waals surface area contributed by atoms with Gasteiger partial charge in [-0.05, 0) is 12.3 Å². The van der Waals surface area contributed by atoms with Crippen LogP contribution in [0.1, 0.15) is 26.2 Å². The smallest absolute Gasteiger partial charge is 0.240 e. The van der Waals surface area contributed by atoms with Crippen molar-refractivity contribution >= 4 is 34.4 Å². The molecule has 0 aliphatic carbocycles. The summed E-state index contributed by atoms with van der Waals surface area (Å²) in [6.07, 6.45) is 2.11. The average Bonchev–Trinajstić information content (AvgIpc) is 2.55. The molecular weight excluding hydrogens is 307 g/mol. The maximum Gasteiger partial charge on any atom is 0.240 e. The van der Waals surface area contributed by atoms with Gasteiger partial charge in [0.15, 0.2) is 0 Å². The molecule has 0 saturated carbocycles. The van der Waals surface area contributed by atoms with E-state index in [1.165, 1.54) is 0 Å². The molecule has 0 aromatic rings. The molecule has 1 saturated heterocycles. The number of carbonyl (C=O) groups excluding carboxylic acids is 2. The van der Waals surface area contributed by atoms with Crippen LogP contribution in [0, 0.1) is 5.92 Å². The summed E-state index contributed by atoms with van der Waals surface area (Å²) in [5.74, 6) is 0.0880. The van der Waals surface area contributed by atoms with E-state index in [1.807, 2.05) is 6.92 Å². The second-order valence-electron chi connectivity index (χ2n) is 3.98. The predicted octanol–water partition coefficient (Wildman–Crippen LogP) is 0.924. The number of nitrogens with two attached hydrogens (primary N) is 1. The van der Waals surface area contributed by atoms with Crippen LogP contribution >= 0.6 is 22.6 Å². The van der Waals surface area contributed by atoms with E-state index >= 15 is 0 Å². The van der Waals surface area contributed by atoms with Gasteiger partial charge in [0.1, 0.15) is 6.04 Å². The van der Waals surface area contributed by atoms with Crippen LogP contribution in [0.2, 0.25) is 0 Å². The molecule has 86 valence electrons. The van der Waals surface area contributed by atoms with Crippen molar-refractivity contribution in [1.82, 2.24) is 4.90 Å². The Bertz CT molecular complexity index is 258. The molecule has 2 N–H and O–H groups in total.